The maximum absolute atomic E-state index is 14.0. The summed E-state index contributed by atoms with van der Waals surface area (Å²) in [4.78, 5) is 14.1. The third-order valence-corrected chi connectivity index (χ3v) is 3.70. The molecule has 2 rings (SSSR count). The first-order valence-corrected chi connectivity index (χ1v) is 7.78. The van der Waals surface area contributed by atoms with E-state index in [0.29, 0.717) is 12.3 Å². The van der Waals surface area contributed by atoms with E-state index in [1.54, 1.807) is 12.1 Å². The van der Waals surface area contributed by atoms with Gasteiger partial charge in [0.05, 0.1) is 6.61 Å². The van der Waals surface area contributed by atoms with Crippen LogP contribution in [0.2, 0.25) is 0 Å². The summed E-state index contributed by atoms with van der Waals surface area (Å²) in [5, 5.41) is 18.6. The second-order valence-corrected chi connectivity index (χ2v) is 6.02. The zero-order chi connectivity index (χ0) is 19.4. The van der Waals surface area contributed by atoms with Crippen LogP contribution in [0.25, 0.3) is 11.1 Å². The number of rotatable bonds is 5. The Hall–Kier alpha value is -3.39. The maximum atomic E-state index is 14.0. The fourth-order valence-corrected chi connectivity index (χ4v) is 2.35. The number of aromatic amines is 1. The lowest BCUT2D eigenvalue weighted by atomic mass is 9.96. The maximum Gasteiger partial charge on any atom is 0.268 e. The van der Waals surface area contributed by atoms with Gasteiger partial charge in [-0.1, -0.05) is 13.8 Å². The van der Waals surface area contributed by atoms with Crippen molar-refractivity contribution in [1.29, 1.82) is 10.5 Å². The van der Waals surface area contributed by atoms with E-state index < -0.39 is 22.8 Å². The van der Waals surface area contributed by atoms with Crippen molar-refractivity contribution in [3.05, 3.63) is 45.2 Å². The number of aromatic nitrogens is 1. The van der Waals surface area contributed by atoms with Crippen molar-refractivity contribution in [2.45, 2.75) is 20.3 Å². The molecule has 134 valence electrons. The first-order chi connectivity index (χ1) is 12.3. The summed E-state index contributed by atoms with van der Waals surface area (Å²) in [5.41, 5.74) is 3.96. The van der Waals surface area contributed by atoms with Crippen molar-refractivity contribution in [2.24, 2.45) is 5.92 Å². The van der Waals surface area contributed by atoms with Gasteiger partial charge in [0.2, 0.25) is 5.82 Å². The second kappa shape index (κ2) is 7.66. The minimum Gasteiger partial charge on any atom is -0.490 e. The molecule has 0 fully saturated rings. The highest BCUT2D eigenvalue weighted by atomic mass is 19.2. The number of nitrogens with zero attached hydrogens (tertiary/aromatic N) is 2. The Bertz CT molecular complexity index is 985. The van der Waals surface area contributed by atoms with Gasteiger partial charge in [0, 0.05) is 5.56 Å². The number of anilines is 1. The smallest absolute Gasteiger partial charge is 0.268 e. The molecule has 0 radical (unpaired) electrons. The zero-order valence-electron chi connectivity index (χ0n) is 14.2. The van der Waals surface area contributed by atoms with Gasteiger partial charge in [-0.25, -0.2) is 4.39 Å². The highest BCUT2D eigenvalue weighted by Crippen LogP contribution is 2.33. The van der Waals surface area contributed by atoms with Gasteiger partial charge >= 0.3 is 0 Å². The molecule has 1 aromatic carbocycles. The highest BCUT2D eigenvalue weighted by molar-refractivity contribution is 5.80. The van der Waals surface area contributed by atoms with Gasteiger partial charge in [-0.15, -0.1) is 0 Å². The van der Waals surface area contributed by atoms with Crippen LogP contribution < -0.4 is 16.0 Å². The number of nitrogen functional groups attached to an aromatic ring is 1. The molecule has 2 aromatic rings. The molecular formula is C18H16F2N4O2. The molecule has 0 aliphatic carbocycles. The predicted octanol–water partition coefficient (Wildman–Crippen LogP) is 3.07. The molecule has 0 unspecified atom stereocenters. The number of nitrogens with one attached hydrogen (secondary N) is 1. The Morgan fingerprint density at radius 2 is 1.88 bits per heavy atom. The normalized spacial score (nSPS) is 10.4. The molecule has 1 heterocycles. The molecule has 1 aromatic heterocycles. The standard InChI is InChI=1S/C18H16F2N4O2/c1-9(2)3-4-26-14-6-10(5-13(19)16(14)20)15-11(7-21)17(23)24-18(25)12(15)8-22/h5-6,9H,3-4H2,1-2H3,(H3,23,24,25). The number of hydrogen-bond acceptors (Lipinski definition) is 5. The van der Waals surface area contributed by atoms with Crippen LogP contribution in [-0.4, -0.2) is 11.6 Å². The molecular weight excluding hydrogens is 342 g/mol. The summed E-state index contributed by atoms with van der Waals surface area (Å²) in [5.74, 6) is -2.75. The van der Waals surface area contributed by atoms with E-state index >= 15 is 0 Å². The quantitative estimate of drug-likeness (QED) is 0.852. The lowest BCUT2D eigenvalue weighted by molar-refractivity contribution is 0.272. The van der Waals surface area contributed by atoms with E-state index in [4.69, 9.17) is 10.5 Å². The van der Waals surface area contributed by atoms with E-state index in [2.05, 4.69) is 4.98 Å². The molecule has 6 nitrogen and oxygen atoms in total. The van der Waals surface area contributed by atoms with Crippen LogP contribution in [0.15, 0.2) is 16.9 Å². The molecule has 3 N–H and O–H groups in total. The number of ether oxygens (including phenoxy) is 1. The van der Waals surface area contributed by atoms with Gasteiger partial charge < -0.3 is 15.5 Å². The van der Waals surface area contributed by atoms with E-state index in [9.17, 15) is 24.1 Å². The Morgan fingerprint density at radius 1 is 1.23 bits per heavy atom. The van der Waals surface area contributed by atoms with Crippen molar-refractivity contribution >= 4 is 5.82 Å². The van der Waals surface area contributed by atoms with Crippen LogP contribution in [0.4, 0.5) is 14.6 Å². The molecule has 0 aliphatic rings. The van der Waals surface area contributed by atoms with Crippen molar-refractivity contribution in [2.75, 3.05) is 12.3 Å². The van der Waals surface area contributed by atoms with Crippen molar-refractivity contribution < 1.29 is 13.5 Å². The summed E-state index contributed by atoms with van der Waals surface area (Å²) in [7, 11) is 0. The Balaban J connectivity index is 2.67. The summed E-state index contributed by atoms with van der Waals surface area (Å²) >= 11 is 0. The van der Waals surface area contributed by atoms with Gasteiger partial charge in [0.1, 0.15) is 29.1 Å². The number of H-pyrrole nitrogens is 1. The number of nitriles is 2. The van der Waals surface area contributed by atoms with E-state index in [1.807, 2.05) is 13.8 Å². The third-order valence-electron chi connectivity index (χ3n) is 3.70. The van der Waals surface area contributed by atoms with Crippen LogP contribution in [-0.2, 0) is 0 Å². The molecule has 0 amide bonds. The second-order valence-electron chi connectivity index (χ2n) is 6.02. The van der Waals surface area contributed by atoms with Crippen LogP contribution in [0.3, 0.4) is 0 Å². The minimum atomic E-state index is -1.23. The monoisotopic (exact) mass is 358 g/mol. The van der Waals surface area contributed by atoms with Crippen LogP contribution in [0.5, 0.6) is 5.75 Å². The van der Waals surface area contributed by atoms with Crippen LogP contribution in [0, 0.1) is 40.2 Å². The predicted molar refractivity (Wildman–Crippen MR) is 91.2 cm³/mol. The van der Waals surface area contributed by atoms with Gasteiger partial charge in [-0.2, -0.15) is 14.9 Å². The Labute approximate surface area is 148 Å². The number of pyridine rings is 1. The topological polar surface area (TPSA) is 116 Å². The molecule has 8 heteroatoms. The van der Waals surface area contributed by atoms with E-state index in [0.717, 1.165) is 12.1 Å². The molecule has 0 bridgehead atoms. The van der Waals surface area contributed by atoms with Crippen molar-refractivity contribution in [3.8, 4) is 29.0 Å². The lowest BCUT2D eigenvalue weighted by Gasteiger charge is -2.13. The summed E-state index contributed by atoms with van der Waals surface area (Å²) < 4.78 is 33.4. The summed E-state index contributed by atoms with van der Waals surface area (Å²) in [6.45, 7) is 4.06. The van der Waals surface area contributed by atoms with Crippen LogP contribution in [0.1, 0.15) is 31.4 Å². The Kier molecular flexibility index (Phi) is 5.58. The molecule has 0 aliphatic heterocycles. The SMILES string of the molecule is CC(C)CCOc1cc(-c2c(C#N)c(N)[nH]c(=O)c2C#N)cc(F)c1F. The van der Waals surface area contributed by atoms with E-state index in [1.165, 1.54) is 0 Å². The van der Waals surface area contributed by atoms with Crippen molar-refractivity contribution in [1.82, 2.24) is 4.98 Å². The molecule has 0 atom stereocenters. The van der Waals surface area contributed by atoms with Crippen LogP contribution >= 0.6 is 0 Å². The molecule has 26 heavy (non-hydrogen) atoms. The number of nitrogens with two attached hydrogens (primary N) is 1. The fourth-order valence-electron chi connectivity index (χ4n) is 2.35. The Morgan fingerprint density at radius 3 is 2.46 bits per heavy atom. The summed E-state index contributed by atoms with van der Waals surface area (Å²) in [6, 6.07) is 5.38. The number of halogens is 2. The first-order valence-electron chi connectivity index (χ1n) is 7.78. The van der Waals surface area contributed by atoms with Gasteiger partial charge in [0.25, 0.3) is 5.56 Å². The largest absolute Gasteiger partial charge is 0.490 e. The molecule has 0 saturated carbocycles. The average molecular weight is 358 g/mol. The van der Waals surface area contributed by atoms with Gasteiger partial charge in [-0.05, 0) is 30.0 Å². The van der Waals surface area contributed by atoms with Crippen molar-refractivity contribution in [3.63, 3.8) is 0 Å². The number of benzene rings is 1. The first kappa shape index (κ1) is 18.9. The average Bonchev–Trinajstić information content (AvgIpc) is 2.57. The molecule has 0 saturated heterocycles. The minimum absolute atomic E-state index is 0.0469. The summed E-state index contributed by atoms with van der Waals surface area (Å²) in [6.07, 6.45) is 0.621. The lowest BCUT2D eigenvalue weighted by Crippen LogP contribution is -2.16. The van der Waals surface area contributed by atoms with Gasteiger partial charge in [-0.3, -0.25) is 4.79 Å². The zero-order valence-corrected chi connectivity index (χ0v) is 14.2. The highest BCUT2D eigenvalue weighted by Gasteiger charge is 2.21. The van der Waals surface area contributed by atoms with Gasteiger partial charge in [0.15, 0.2) is 11.6 Å². The molecule has 0 spiro atoms. The number of hydrogen-bond donors (Lipinski definition) is 2. The fraction of sp³-hybridized carbons (Fsp3) is 0.278. The van der Waals surface area contributed by atoms with E-state index in [-0.39, 0.29) is 34.9 Å². The third kappa shape index (κ3) is 3.65.